The van der Waals surface area contributed by atoms with Crippen molar-refractivity contribution in [1.82, 2.24) is 0 Å². The number of halogens is 1. The first-order valence-corrected chi connectivity index (χ1v) is 9.11. The zero-order valence-electron chi connectivity index (χ0n) is 12.7. The molecule has 0 fully saturated rings. The van der Waals surface area contributed by atoms with Gasteiger partial charge in [0.15, 0.2) is 18.2 Å². The van der Waals surface area contributed by atoms with Crippen molar-refractivity contribution in [1.29, 1.82) is 0 Å². The molecular weight excluding hydrogens is 392 g/mol. The number of carbonyl (C=O) groups excluding carboxylic acids is 3. The fourth-order valence-electron chi connectivity index (χ4n) is 1.84. The van der Waals surface area contributed by atoms with E-state index in [4.69, 9.17) is 4.74 Å². The van der Waals surface area contributed by atoms with Crippen molar-refractivity contribution in [2.75, 3.05) is 18.1 Å². The van der Waals surface area contributed by atoms with Crippen LogP contribution >= 0.6 is 27.7 Å². The molecule has 6 heteroatoms. The molecule has 24 heavy (non-hydrogen) atoms. The number of esters is 1. The number of carbonyl (C=O) groups is 3. The van der Waals surface area contributed by atoms with Crippen LogP contribution < -0.4 is 0 Å². The van der Waals surface area contributed by atoms with Gasteiger partial charge in [0.1, 0.15) is 0 Å². The minimum atomic E-state index is -0.508. The highest BCUT2D eigenvalue weighted by atomic mass is 79.9. The van der Waals surface area contributed by atoms with Crippen LogP contribution in [0.25, 0.3) is 0 Å². The van der Waals surface area contributed by atoms with Gasteiger partial charge in [-0.15, -0.1) is 11.8 Å². The van der Waals surface area contributed by atoms with Crippen molar-refractivity contribution >= 4 is 45.2 Å². The van der Waals surface area contributed by atoms with Crippen LogP contribution in [0.2, 0.25) is 0 Å². The van der Waals surface area contributed by atoms with Crippen LogP contribution in [0, 0.1) is 0 Å². The Kier molecular flexibility index (Phi) is 7.21. The summed E-state index contributed by atoms with van der Waals surface area (Å²) in [5.74, 6) is -0.585. The summed E-state index contributed by atoms with van der Waals surface area (Å²) in [6.45, 7) is -0.298. The Labute approximate surface area is 152 Å². The van der Waals surface area contributed by atoms with Gasteiger partial charge in [0.25, 0.3) is 0 Å². The van der Waals surface area contributed by atoms with Crippen LogP contribution in [0.1, 0.15) is 20.7 Å². The van der Waals surface area contributed by atoms with E-state index >= 15 is 0 Å². The number of ketones is 2. The van der Waals surface area contributed by atoms with E-state index in [1.807, 2.05) is 6.07 Å². The minimum absolute atomic E-state index is 0.0339. The number of hydrogen-bond acceptors (Lipinski definition) is 5. The third-order valence-corrected chi connectivity index (χ3v) is 4.51. The molecule has 0 atom stereocenters. The summed E-state index contributed by atoms with van der Waals surface area (Å²) in [5.41, 5.74) is 1.10. The summed E-state index contributed by atoms with van der Waals surface area (Å²) in [6.07, 6.45) is 0. The van der Waals surface area contributed by atoms with Gasteiger partial charge in [0.2, 0.25) is 0 Å². The predicted molar refractivity (Wildman–Crippen MR) is 97.5 cm³/mol. The second kappa shape index (κ2) is 9.39. The maximum atomic E-state index is 11.9. The lowest BCUT2D eigenvalue weighted by atomic mass is 10.1. The molecule has 0 bridgehead atoms. The molecule has 2 rings (SSSR count). The molecule has 0 heterocycles. The van der Waals surface area contributed by atoms with Gasteiger partial charge in [0.05, 0.1) is 11.5 Å². The SMILES string of the molecule is O=C(CSCC(=O)c1ccccc1)OCC(=O)c1ccc(Br)cc1. The summed E-state index contributed by atoms with van der Waals surface area (Å²) >= 11 is 4.46. The zero-order chi connectivity index (χ0) is 17.4. The van der Waals surface area contributed by atoms with E-state index in [9.17, 15) is 14.4 Å². The van der Waals surface area contributed by atoms with Crippen LogP contribution in [-0.2, 0) is 9.53 Å². The molecule has 124 valence electrons. The second-order valence-corrected chi connectivity index (χ2v) is 6.77. The number of ether oxygens (including phenoxy) is 1. The zero-order valence-corrected chi connectivity index (χ0v) is 15.1. The van der Waals surface area contributed by atoms with Crippen LogP contribution in [-0.4, -0.2) is 35.6 Å². The van der Waals surface area contributed by atoms with Crippen molar-refractivity contribution < 1.29 is 19.1 Å². The van der Waals surface area contributed by atoms with E-state index in [0.717, 1.165) is 4.47 Å². The summed E-state index contributed by atoms with van der Waals surface area (Å²) in [4.78, 5) is 35.4. The van der Waals surface area contributed by atoms with Crippen LogP contribution in [0.4, 0.5) is 0 Å². The average Bonchev–Trinajstić information content (AvgIpc) is 2.61. The molecular formula is C18H15BrO4S. The Morgan fingerprint density at radius 2 is 1.46 bits per heavy atom. The second-order valence-electron chi connectivity index (χ2n) is 4.87. The summed E-state index contributed by atoms with van der Waals surface area (Å²) in [6, 6.07) is 15.7. The molecule has 2 aromatic rings. The van der Waals surface area contributed by atoms with Gasteiger partial charge in [0, 0.05) is 15.6 Å². The van der Waals surface area contributed by atoms with E-state index in [1.165, 1.54) is 11.8 Å². The fraction of sp³-hybridized carbons (Fsp3) is 0.167. The van der Waals surface area contributed by atoms with Crippen LogP contribution in [0.5, 0.6) is 0 Å². The van der Waals surface area contributed by atoms with E-state index < -0.39 is 5.97 Å². The maximum absolute atomic E-state index is 11.9. The Bertz CT molecular complexity index is 714. The number of hydrogen-bond donors (Lipinski definition) is 0. The van der Waals surface area contributed by atoms with E-state index in [0.29, 0.717) is 11.1 Å². The first-order valence-electron chi connectivity index (χ1n) is 7.16. The van der Waals surface area contributed by atoms with Crippen LogP contribution in [0.15, 0.2) is 59.1 Å². The Balaban J connectivity index is 1.69. The first-order chi connectivity index (χ1) is 11.6. The molecule has 4 nitrogen and oxygen atoms in total. The predicted octanol–water partition coefficient (Wildman–Crippen LogP) is 3.79. The lowest BCUT2D eigenvalue weighted by molar-refractivity contribution is -0.139. The molecule has 0 N–H and O–H groups in total. The van der Waals surface area contributed by atoms with Crippen molar-refractivity contribution in [3.63, 3.8) is 0 Å². The van der Waals surface area contributed by atoms with Gasteiger partial charge < -0.3 is 4.74 Å². The molecule has 2 aromatic carbocycles. The van der Waals surface area contributed by atoms with Gasteiger partial charge in [-0.25, -0.2) is 0 Å². The summed E-state index contributed by atoms with van der Waals surface area (Å²) in [5, 5.41) is 0. The number of benzene rings is 2. The molecule has 0 aliphatic heterocycles. The summed E-state index contributed by atoms with van der Waals surface area (Å²) < 4.78 is 5.81. The van der Waals surface area contributed by atoms with E-state index in [1.54, 1.807) is 48.5 Å². The van der Waals surface area contributed by atoms with Crippen molar-refractivity contribution in [2.45, 2.75) is 0 Å². The first kappa shape index (κ1) is 18.4. The monoisotopic (exact) mass is 406 g/mol. The highest BCUT2D eigenvalue weighted by Crippen LogP contribution is 2.11. The third-order valence-electron chi connectivity index (χ3n) is 3.08. The van der Waals surface area contributed by atoms with Crippen molar-refractivity contribution in [3.8, 4) is 0 Å². The number of Topliss-reactive ketones (excluding diaryl/α,β-unsaturated/α-hetero) is 2. The molecule has 0 unspecified atom stereocenters. The highest BCUT2D eigenvalue weighted by Gasteiger charge is 2.11. The molecule has 0 saturated heterocycles. The quantitative estimate of drug-likeness (QED) is 0.492. The molecule has 0 spiro atoms. The van der Waals surface area contributed by atoms with Gasteiger partial charge >= 0.3 is 5.97 Å². The smallest absolute Gasteiger partial charge is 0.316 e. The van der Waals surface area contributed by atoms with Gasteiger partial charge in [-0.2, -0.15) is 0 Å². The Hall–Kier alpha value is -1.92. The van der Waals surface area contributed by atoms with Crippen LogP contribution in [0.3, 0.4) is 0 Å². The molecule has 0 aliphatic carbocycles. The highest BCUT2D eigenvalue weighted by molar-refractivity contribution is 9.10. The normalized spacial score (nSPS) is 10.2. The number of rotatable bonds is 8. The average molecular weight is 407 g/mol. The maximum Gasteiger partial charge on any atom is 0.316 e. The molecule has 0 aliphatic rings. The third kappa shape index (κ3) is 5.94. The largest absolute Gasteiger partial charge is 0.457 e. The van der Waals surface area contributed by atoms with Crippen molar-refractivity contribution in [2.24, 2.45) is 0 Å². The molecule has 0 saturated carbocycles. The molecule has 0 amide bonds. The van der Waals surface area contributed by atoms with E-state index in [-0.39, 0.29) is 29.7 Å². The molecule has 0 radical (unpaired) electrons. The van der Waals surface area contributed by atoms with Gasteiger partial charge in [-0.3, -0.25) is 14.4 Å². The Morgan fingerprint density at radius 1 is 0.833 bits per heavy atom. The lowest BCUT2D eigenvalue weighted by Crippen LogP contribution is -2.16. The standard InChI is InChI=1S/C18H15BrO4S/c19-15-8-6-14(7-9-15)16(20)10-23-18(22)12-24-11-17(21)13-4-2-1-3-5-13/h1-9H,10-12H2. The molecule has 0 aromatic heterocycles. The van der Waals surface area contributed by atoms with E-state index in [2.05, 4.69) is 15.9 Å². The van der Waals surface area contributed by atoms with Gasteiger partial charge in [-0.05, 0) is 12.1 Å². The topological polar surface area (TPSA) is 60.4 Å². The number of thioether (sulfide) groups is 1. The van der Waals surface area contributed by atoms with Gasteiger partial charge in [-0.1, -0.05) is 58.4 Å². The van der Waals surface area contributed by atoms with Crippen molar-refractivity contribution in [3.05, 3.63) is 70.2 Å². The lowest BCUT2D eigenvalue weighted by Gasteiger charge is -2.05. The Morgan fingerprint density at radius 3 is 2.12 bits per heavy atom. The fourth-order valence-corrected chi connectivity index (χ4v) is 2.81. The summed E-state index contributed by atoms with van der Waals surface area (Å²) in [7, 11) is 0. The minimum Gasteiger partial charge on any atom is -0.457 e.